The number of rotatable bonds is 18. The maximum absolute atomic E-state index is 13.4. The van der Waals surface area contributed by atoms with Gasteiger partial charge in [-0.05, 0) is 55.9 Å². The lowest BCUT2D eigenvalue weighted by Gasteiger charge is -2.25. The van der Waals surface area contributed by atoms with E-state index in [1.165, 1.54) is 11.8 Å². The van der Waals surface area contributed by atoms with Crippen molar-refractivity contribution in [1.29, 1.82) is 0 Å². The third kappa shape index (κ3) is 10.2. The van der Waals surface area contributed by atoms with Gasteiger partial charge in [0.2, 0.25) is 17.7 Å². The Hall–Kier alpha value is -3.62. The van der Waals surface area contributed by atoms with E-state index in [4.69, 9.17) is 16.6 Å². The van der Waals surface area contributed by atoms with E-state index >= 15 is 0 Å². The number of aromatic nitrogens is 1. The molecule has 0 radical (unpaired) electrons. The number of aromatic amines is 1. The number of unbranched alkanes of at least 4 members (excludes halogenated alkanes) is 1. The lowest BCUT2D eigenvalue weighted by molar-refractivity contribution is -0.142. The molecular formula is C26H38N6O7S. The number of H-pyrrole nitrogens is 1. The van der Waals surface area contributed by atoms with Crippen LogP contribution >= 0.6 is 11.8 Å². The number of carboxylic acids is 2. The summed E-state index contributed by atoms with van der Waals surface area (Å²) in [5.74, 6) is -4.18. The molecule has 0 spiro atoms. The Labute approximate surface area is 236 Å². The van der Waals surface area contributed by atoms with Gasteiger partial charge in [0.15, 0.2) is 0 Å². The van der Waals surface area contributed by atoms with Gasteiger partial charge in [-0.1, -0.05) is 18.2 Å². The molecular weight excluding hydrogens is 540 g/mol. The molecule has 0 saturated heterocycles. The number of hydrogen-bond donors (Lipinski definition) is 8. The smallest absolute Gasteiger partial charge is 0.326 e. The Bertz CT molecular complexity index is 1170. The first-order valence-electron chi connectivity index (χ1n) is 12.9. The second-order valence-electron chi connectivity index (χ2n) is 9.36. The van der Waals surface area contributed by atoms with Crippen LogP contribution in [0.5, 0.6) is 0 Å². The average molecular weight is 579 g/mol. The van der Waals surface area contributed by atoms with Crippen molar-refractivity contribution >= 4 is 52.3 Å². The minimum atomic E-state index is -1.36. The first kappa shape index (κ1) is 32.6. The Balaban J connectivity index is 2.29. The van der Waals surface area contributed by atoms with Crippen molar-refractivity contribution in [3.05, 3.63) is 36.0 Å². The molecule has 0 aliphatic carbocycles. The topological polar surface area (TPSA) is 230 Å². The fourth-order valence-electron chi connectivity index (χ4n) is 4.09. The van der Waals surface area contributed by atoms with E-state index in [2.05, 4.69) is 20.9 Å². The summed E-state index contributed by atoms with van der Waals surface area (Å²) in [6, 6.07) is 2.58. The summed E-state index contributed by atoms with van der Waals surface area (Å²) >= 11 is 1.43. The minimum absolute atomic E-state index is 0.0401. The zero-order chi connectivity index (χ0) is 29.7. The second-order valence-corrected chi connectivity index (χ2v) is 10.3. The molecule has 1 aromatic heterocycles. The maximum atomic E-state index is 13.4. The van der Waals surface area contributed by atoms with Crippen LogP contribution in [0.15, 0.2) is 30.5 Å². The van der Waals surface area contributed by atoms with Gasteiger partial charge in [0, 0.05) is 23.5 Å². The van der Waals surface area contributed by atoms with Gasteiger partial charge in [0.1, 0.15) is 18.1 Å². The summed E-state index contributed by atoms with van der Waals surface area (Å²) in [5, 5.41) is 27.1. The van der Waals surface area contributed by atoms with E-state index in [1.54, 1.807) is 6.20 Å². The number of amides is 3. The number of hydrogen-bond acceptors (Lipinski definition) is 8. The third-order valence-corrected chi connectivity index (χ3v) is 6.91. The highest BCUT2D eigenvalue weighted by molar-refractivity contribution is 7.98. The number of thioether (sulfide) groups is 1. The van der Waals surface area contributed by atoms with E-state index in [0.29, 0.717) is 25.1 Å². The molecule has 0 aliphatic heterocycles. The van der Waals surface area contributed by atoms with Gasteiger partial charge >= 0.3 is 11.9 Å². The van der Waals surface area contributed by atoms with Crippen molar-refractivity contribution in [3.8, 4) is 0 Å². The highest BCUT2D eigenvalue weighted by atomic mass is 32.2. The number of carbonyl (C=O) groups is 5. The molecule has 0 bridgehead atoms. The normalized spacial score (nSPS) is 14.1. The second kappa shape index (κ2) is 16.5. The highest BCUT2D eigenvalue weighted by Crippen LogP contribution is 2.19. The summed E-state index contributed by atoms with van der Waals surface area (Å²) in [6.45, 7) is 0.388. The number of carboxylic acid groups (broad SMARTS) is 2. The molecule has 0 fully saturated rings. The van der Waals surface area contributed by atoms with Gasteiger partial charge in [-0.25, -0.2) is 4.79 Å². The van der Waals surface area contributed by atoms with Crippen LogP contribution in [-0.4, -0.2) is 87.6 Å². The number of aliphatic carboxylic acids is 2. The van der Waals surface area contributed by atoms with Crippen molar-refractivity contribution in [2.45, 2.75) is 62.7 Å². The maximum Gasteiger partial charge on any atom is 0.326 e. The number of carbonyl (C=O) groups excluding carboxylic acids is 3. The number of nitrogens with two attached hydrogens (primary N) is 2. The van der Waals surface area contributed by atoms with Crippen LogP contribution in [-0.2, 0) is 30.4 Å². The van der Waals surface area contributed by atoms with Crippen LogP contribution in [0, 0.1) is 0 Å². The number of fused-ring (bicyclic) bond motifs is 1. The zero-order valence-electron chi connectivity index (χ0n) is 22.4. The van der Waals surface area contributed by atoms with Crippen molar-refractivity contribution in [2.75, 3.05) is 18.6 Å². The van der Waals surface area contributed by atoms with Gasteiger partial charge < -0.3 is 42.6 Å². The Morgan fingerprint density at radius 3 is 2.23 bits per heavy atom. The first-order valence-corrected chi connectivity index (χ1v) is 14.3. The van der Waals surface area contributed by atoms with Gasteiger partial charge in [-0.15, -0.1) is 0 Å². The van der Waals surface area contributed by atoms with E-state index in [1.807, 2.05) is 30.5 Å². The molecule has 13 nitrogen and oxygen atoms in total. The van der Waals surface area contributed by atoms with Crippen LogP contribution in [0.25, 0.3) is 10.9 Å². The van der Waals surface area contributed by atoms with Crippen molar-refractivity contribution < 1.29 is 34.2 Å². The minimum Gasteiger partial charge on any atom is -0.481 e. The predicted molar refractivity (Wildman–Crippen MR) is 152 cm³/mol. The SMILES string of the molecule is CSCCC(NC(=O)C(N)CC(=O)O)C(=O)NC(Cc1c[nH]c2ccccc12)C(=O)NC(CCCCN)C(=O)O. The van der Waals surface area contributed by atoms with Gasteiger partial charge in [-0.2, -0.15) is 11.8 Å². The van der Waals surface area contributed by atoms with E-state index in [0.717, 1.165) is 16.5 Å². The van der Waals surface area contributed by atoms with Gasteiger partial charge in [0.05, 0.1) is 12.5 Å². The van der Waals surface area contributed by atoms with Crippen molar-refractivity contribution in [3.63, 3.8) is 0 Å². The molecule has 14 heteroatoms. The predicted octanol–water partition coefficient (Wildman–Crippen LogP) is -0.0665. The van der Waals surface area contributed by atoms with E-state index in [9.17, 15) is 29.1 Å². The van der Waals surface area contributed by atoms with Crippen LogP contribution in [0.3, 0.4) is 0 Å². The quantitative estimate of drug-likeness (QED) is 0.110. The lowest BCUT2D eigenvalue weighted by Crippen LogP contribution is -2.57. The highest BCUT2D eigenvalue weighted by Gasteiger charge is 2.31. The molecule has 4 atom stereocenters. The lowest BCUT2D eigenvalue weighted by atomic mass is 10.0. The average Bonchev–Trinajstić information content (AvgIpc) is 3.32. The molecule has 0 saturated carbocycles. The Morgan fingerprint density at radius 1 is 0.925 bits per heavy atom. The number of para-hydroxylation sites is 1. The monoisotopic (exact) mass is 578 g/mol. The summed E-state index contributed by atoms with van der Waals surface area (Å²) < 4.78 is 0. The number of nitrogens with one attached hydrogen (secondary N) is 4. The molecule has 1 heterocycles. The largest absolute Gasteiger partial charge is 0.481 e. The fourth-order valence-corrected chi connectivity index (χ4v) is 4.56. The standard InChI is InChI=1S/C26H38N6O7S/c1-40-11-9-19(30-23(35)17(28)13-22(33)34)24(36)32-21(12-15-14-29-18-7-3-2-6-16(15)18)25(37)31-20(26(38)39)8-4-5-10-27/h2-3,6-7,14,17,19-21,29H,4-5,8-13,27-28H2,1H3,(H,30,35)(H,31,37)(H,32,36)(H,33,34)(H,38,39). The van der Waals surface area contributed by atoms with E-state index < -0.39 is 60.2 Å². The third-order valence-electron chi connectivity index (χ3n) is 6.27. The number of benzene rings is 1. The molecule has 2 aromatic rings. The summed E-state index contributed by atoms with van der Waals surface area (Å²) in [6.07, 6.45) is 4.40. The molecule has 4 unspecified atom stereocenters. The van der Waals surface area contributed by atoms with Crippen LogP contribution in [0.2, 0.25) is 0 Å². The summed E-state index contributed by atoms with van der Waals surface area (Å²) in [7, 11) is 0. The van der Waals surface area contributed by atoms with Gasteiger partial charge in [-0.3, -0.25) is 19.2 Å². The summed E-state index contributed by atoms with van der Waals surface area (Å²) in [4.78, 5) is 65.1. The van der Waals surface area contributed by atoms with Crippen LogP contribution in [0.4, 0.5) is 0 Å². The van der Waals surface area contributed by atoms with Gasteiger partial charge in [0.25, 0.3) is 0 Å². The van der Waals surface area contributed by atoms with Crippen LogP contribution in [0.1, 0.15) is 37.7 Å². The first-order chi connectivity index (χ1) is 19.1. The molecule has 0 aliphatic rings. The Morgan fingerprint density at radius 2 is 1.57 bits per heavy atom. The molecule has 1 aromatic carbocycles. The van der Waals surface area contributed by atoms with Crippen LogP contribution < -0.4 is 27.4 Å². The van der Waals surface area contributed by atoms with Crippen molar-refractivity contribution in [1.82, 2.24) is 20.9 Å². The molecule has 2 rings (SSSR count). The van der Waals surface area contributed by atoms with Crippen molar-refractivity contribution in [2.24, 2.45) is 11.5 Å². The zero-order valence-corrected chi connectivity index (χ0v) is 23.2. The molecule has 3 amide bonds. The molecule has 220 valence electrons. The fraction of sp³-hybridized carbons (Fsp3) is 0.500. The summed E-state index contributed by atoms with van der Waals surface area (Å²) in [5.41, 5.74) is 12.7. The van der Waals surface area contributed by atoms with E-state index in [-0.39, 0.29) is 19.3 Å². The molecule has 10 N–H and O–H groups in total. The molecule has 40 heavy (non-hydrogen) atoms. The Kier molecular flexibility index (Phi) is 13.4.